The number of allylic oxidation sites excluding steroid dienone is 2. The van der Waals surface area contributed by atoms with Crippen LogP contribution in [-0.2, 0) is 9.59 Å². The maximum absolute atomic E-state index is 12.4. The minimum Gasteiger partial charge on any atom is -0.481 e. The first-order valence-corrected chi connectivity index (χ1v) is 7.19. The predicted octanol–water partition coefficient (Wildman–Crippen LogP) is 2.88. The Labute approximate surface area is 129 Å². The highest BCUT2D eigenvalue weighted by molar-refractivity contribution is 5.97. The van der Waals surface area contributed by atoms with Crippen LogP contribution in [0.4, 0.5) is 5.69 Å². The van der Waals surface area contributed by atoms with Crippen LogP contribution in [-0.4, -0.2) is 22.8 Å². The molecule has 22 heavy (non-hydrogen) atoms. The summed E-state index contributed by atoms with van der Waals surface area (Å²) < 4.78 is 0. The van der Waals surface area contributed by atoms with E-state index in [1.165, 1.54) is 6.92 Å². The van der Waals surface area contributed by atoms with Crippen LogP contribution in [0, 0.1) is 11.8 Å². The second-order valence-corrected chi connectivity index (χ2v) is 5.66. The van der Waals surface area contributed by atoms with Crippen LogP contribution in [0.2, 0.25) is 0 Å². The van der Waals surface area contributed by atoms with Crippen LogP contribution in [0.3, 0.4) is 0 Å². The molecule has 2 rings (SSSR count). The van der Waals surface area contributed by atoms with Crippen molar-refractivity contribution in [2.75, 3.05) is 5.32 Å². The quantitative estimate of drug-likeness (QED) is 0.661. The van der Waals surface area contributed by atoms with Crippen molar-refractivity contribution in [3.63, 3.8) is 0 Å². The third-order valence-corrected chi connectivity index (χ3v) is 3.96. The molecule has 1 aliphatic carbocycles. The highest BCUT2D eigenvalue weighted by Gasteiger charge is 2.35. The van der Waals surface area contributed by atoms with Crippen LogP contribution in [0.1, 0.15) is 37.0 Å². The van der Waals surface area contributed by atoms with Crippen molar-refractivity contribution in [3.8, 4) is 0 Å². The molecule has 1 aliphatic rings. The molecule has 5 heteroatoms. The van der Waals surface area contributed by atoms with Crippen LogP contribution in [0.25, 0.3) is 0 Å². The summed E-state index contributed by atoms with van der Waals surface area (Å²) in [7, 11) is 0. The molecule has 0 radical (unpaired) electrons. The van der Waals surface area contributed by atoms with E-state index >= 15 is 0 Å². The van der Waals surface area contributed by atoms with E-state index in [4.69, 9.17) is 0 Å². The van der Waals surface area contributed by atoms with E-state index in [1.807, 2.05) is 13.0 Å². The van der Waals surface area contributed by atoms with E-state index in [0.29, 0.717) is 24.1 Å². The number of carboxylic acids is 1. The van der Waals surface area contributed by atoms with E-state index in [2.05, 4.69) is 5.32 Å². The van der Waals surface area contributed by atoms with Crippen LogP contribution in [0.5, 0.6) is 0 Å². The molecule has 2 N–H and O–H groups in total. The summed E-state index contributed by atoms with van der Waals surface area (Å²) in [4.78, 5) is 34.9. The van der Waals surface area contributed by atoms with Gasteiger partial charge in [-0.3, -0.25) is 14.4 Å². The summed E-state index contributed by atoms with van der Waals surface area (Å²) in [6.07, 6.45) is 2.71. The predicted molar refractivity (Wildman–Crippen MR) is 82.7 cm³/mol. The highest BCUT2D eigenvalue weighted by Crippen LogP contribution is 2.31. The summed E-state index contributed by atoms with van der Waals surface area (Å²) in [6, 6.07) is 6.57. The van der Waals surface area contributed by atoms with Gasteiger partial charge in [-0.25, -0.2) is 0 Å². The van der Waals surface area contributed by atoms with Crippen molar-refractivity contribution in [1.82, 2.24) is 0 Å². The summed E-state index contributed by atoms with van der Waals surface area (Å²) >= 11 is 0. The molecule has 116 valence electrons. The van der Waals surface area contributed by atoms with Gasteiger partial charge in [-0.2, -0.15) is 0 Å². The fourth-order valence-electron chi connectivity index (χ4n) is 2.64. The number of hydrogen-bond acceptors (Lipinski definition) is 3. The lowest BCUT2D eigenvalue weighted by atomic mass is 9.79. The van der Waals surface area contributed by atoms with Crippen molar-refractivity contribution in [2.24, 2.45) is 11.8 Å². The number of aliphatic carboxylic acids is 1. The Balaban J connectivity index is 2.11. The Morgan fingerprint density at radius 2 is 1.77 bits per heavy atom. The molecule has 1 amide bonds. The molecule has 1 aromatic rings. The van der Waals surface area contributed by atoms with Gasteiger partial charge in [-0.1, -0.05) is 11.6 Å². The maximum atomic E-state index is 12.4. The number of carboxylic acid groups (broad SMARTS) is 1. The van der Waals surface area contributed by atoms with Gasteiger partial charge in [-0.15, -0.1) is 0 Å². The third kappa shape index (κ3) is 3.61. The lowest BCUT2D eigenvalue weighted by molar-refractivity contribution is -0.146. The second kappa shape index (κ2) is 6.56. The fourth-order valence-corrected chi connectivity index (χ4v) is 2.64. The number of anilines is 1. The first kappa shape index (κ1) is 15.9. The number of benzene rings is 1. The van der Waals surface area contributed by atoms with Crippen molar-refractivity contribution >= 4 is 23.3 Å². The molecule has 0 aliphatic heterocycles. The molecule has 0 saturated heterocycles. The average molecular weight is 301 g/mol. The van der Waals surface area contributed by atoms with Crippen LogP contribution in [0.15, 0.2) is 35.9 Å². The fraction of sp³-hybridized carbons (Fsp3) is 0.353. The standard InChI is InChI=1S/C17H19NO4/c1-10-3-8-14(17(21)22)15(9-10)16(20)18-13-6-4-12(5-7-13)11(2)19/h3-7,14-15H,8-9H2,1-2H3,(H,18,20)(H,21,22)/t14-,15-/m0/s1. The molecule has 0 fully saturated rings. The van der Waals surface area contributed by atoms with Gasteiger partial charge in [-0.05, 0) is 51.0 Å². The second-order valence-electron chi connectivity index (χ2n) is 5.66. The van der Waals surface area contributed by atoms with E-state index in [9.17, 15) is 19.5 Å². The normalized spacial score (nSPS) is 20.9. The number of nitrogens with one attached hydrogen (secondary N) is 1. The Hall–Kier alpha value is -2.43. The molecule has 0 bridgehead atoms. The number of rotatable bonds is 4. The van der Waals surface area contributed by atoms with Crippen LogP contribution < -0.4 is 5.32 Å². The Morgan fingerprint density at radius 1 is 1.14 bits per heavy atom. The number of Topliss-reactive ketones (excluding diaryl/α,β-unsaturated/α-hetero) is 1. The maximum Gasteiger partial charge on any atom is 0.307 e. The summed E-state index contributed by atoms with van der Waals surface area (Å²) in [5.41, 5.74) is 2.16. The topological polar surface area (TPSA) is 83.5 Å². The molecular formula is C17H19NO4. The van der Waals surface area contributed by atoms with E-state index in [1.54, 1.807) is 24.3 Å². The monoisotopic (exact) mass is 301 g/mol. The number of hydrogen-bond donors (Lipinski definition) is 2. The molecule has 0 spiro atoms. The number of amides is 1. The van der Waals surface area contributed by atoms with Crippen molar-refractivity contribution in [3.05, 3.63) is 41.5 Å². The molecule has 0 aromatic heterocycles. The lowest BCUT2D eigenvalue weighted by Crippen LogP contribution is -2.35. The zero-order valence-electron chi connectivity index (χ0n) is 12.6. The van der Waals surface area contributed by atoms with Crippen molar-refractivity contribution < 1.29 is 19.5 Å². The first-order valence-electron chi connectivity index (χ1n) is 7.19. The summed E-state index contributed by atoms with van der Waals surface area (Å²) in [6.45, 7) is 3.38. The van der Waals surface area contributed by atoms with Gasteiger partial charge in [0, 0.05) is 11.3 Å². The third-order valence-electron chi connectivity index (χ3n) is 3.96. The van der Waals surface area contributed by atoms with E-state index < -0.39 is 17.8 Å². The summed E-state index contributed by atoms with van der Waals surface area (Å²) in [5.74, 6) is -2.56. The average Bonchev–Trinajstić information content (AvgIpc) is 2.47. The van der Waals surface area contributed by atoms with E-state index in [-0.39, 0.29) is 11.7 Å². The first-order chi connectivity index (χ1) is 10.4. The van der Waals surface area contributed by atoms with Gasteiger partial charge in [0.05, 0.1) is 11.8 Å². The van der Waals surface area contributed by atoms with Gasteiger partial charge < -0.3 is 10.4 Å². The number of carbonyl (C=O) groups excluding carboxylic acids is 2. The SMILES string of the molecule is CC(=O)c1ccc(NC(=O)[C@H]2CC(C)=CC[C@@H]2C(=O)O)cc1. The zero-order valence-corrected chi connectivity index (χ0v) is 12.6. The largest absolute Gasteiger partial charge is 0.481 e. The molecule has 0 heterocycles. The van der Waals surface area contributed by atoms with Gasteiger partial charge in [0.25, 0.3) is 0 Å². The Morgan fingerprint density at radius 3 is 2.32 bits per heavy atom. The van der Waals surface area contributed by atoms with Crippen molar-refractivity contribution in [2.45, 2.75) is 26.7 Å². The van der Waals surface area contributed by atoms with Crippen LogP contribution >= 0.6 is 0 Å². The molecular weight excluding hydrogens is 282 g/mol. The minimum atomic E-state index is -0.948. The smallest absolute Gasteiger partial charge is 0.307 e. The molecule has 5 nitrogen and oxygen atoms in total. The zero-order chi connectivity index (χ0) is 16.3. The van der Waals surface area contributed by atoms with Gasteiger partial charge in [0.1, 0.15) is 0 Å². The molecule has 1 aromatic carbocycles. The molecule has 0 saturated carbocycles. The lowest BCUT2D eigenvalue weighted by Gasteiger charge is -2.26. The highest BCUT2D eigenvalue weighted by atomic mass is 16.4. The summed E-state index contributed by atoms with van der Waals surface area (Å²) in [5, 5.41) is 12.0. The number of carbonyl (C=O) groups is 3. The number of ketones is 1. The molecule has 2 atom stereocenters. The van der Waals surface area contributed by atoms with Gasteiger partial charge in [0.15, 0.2) is 5.78 Å². The Bertz CT molecular complexity index is 631. The Kier molecular flexibility index (Phi) is 4.75. The minimum absolute atomic E-state index is 0.0446. The van der Waals surface area contributed by atoms with Crippen molar-refractivity contribution in [1.29, 1.82) is 0 Å². The van der Waals surface area contributed by atoms with Gasteiger partial charge in [0.2, 0.25) is 5.91 Å². The van der Waals surface area contributed by atoms with E-state index in [0.717, 1.165) is 5.57 Å². The van der Waals surface area contributed by atoms with Gasteiger partial charge >= 0.3 is 5.97 Å². The molecule has 0 unspecified atom stereocenters.